The Kier molecular flexibility index (Phi) is 7.68. The third-order valence-corrected chi connectivity index (χ3v) is 8.01. The summed E-state index contributed by atoms with van der Waals surface area (Å²) >= 11 is 0. The van der Waals surface area contributed by atoms with Crippen LogP contribution in [0.25, 0.3) is 11.8 Å². The zero-order valence-electron chi connectivity index (χ0n) is 23.8. The van der Waals surface area contributed by atoms with E-state index in [2.05, 4.69) is 33.2 Å². The molecule has 2 aliphatic heterocycles. The van der Waals surface area contributed by atoms with Crippen LogP contribution in [0.3, 0.4) is 0 Å². The number of fused-ring (bicyclic) bond motifs is 3. The average molecular weight is 591 g/mol. The van der Waals surface area contributed by atoms with E-state index in [0.717, 1.165) is 102 Å². The maximum absolute atomic E-state index is 13.7. The van der Waals surface area contributed by atoms with Gasteiger partial charge in [-0.25, -0.2) is 22.5 Å². The molecular weight excluding hydrogens is 560 g/mol. The molecule has 3 heterocycles. The lowest BCUT2D eigenvalue weighted by atomic mass is 9.92. The van der Waals surface area contributed by atoms with Gasteiger partial charge >= 0.3 is 0 Å². The molecule has 0 saturated carbocycles. The summed E-state index contributed by atoms with van der Waals surface area (Å²) in [6.07, 6.45) is 9.59. The molecule has 3 aromatic carbocycles. The third kappa shape index (κ3) is 5.61. The van der Waals surface area contributed by atoms with Crippen molar-refractivity contribution in [2.24, 2.45) is 5.16 Å². The summed E-state index contributed by atoms with van der Waals surface area (Å²) in [6, 6.07) is 14.0. The molecule has 6 nitrogen and oxygen atoms in total. The fourth-order valence-electron chi connectivity index (χ4n) is 5.93. The summed E-state index contributed by atoms with van der Waals surface area (Å²) in [5.41, 5.74) is 5.74. The van der Waals surface area contributed by atoms with Gasteiger partial charge in [0.25, 0.3) is 0 Å². The van der Waals surface area contributed by atoms with Gasteiger partial charge in [-0.05, 0) is 91.8 Å². The Morgan fingerprint density at radius 3 is 2.53 bits per heavy atom. The molecule has 1 fully saturated rings. The highest BCUT2D eigenvalue weighted by Gasteiger charge is 2.47. The van der Waals surface area contributed by atoms with E-state index in [1.807, 2.05) is 29.8 Å². The van der Waals surface area contributed by atoms with Crippen LogP contribution in [0.15, 0.2) is 77.9 Å². The zero-order chi connectivity index (χ0) is 30.1. The van der Waals surface area contributed by atoms with Gasteiger partial charge in [-0.3, -0.25) is 0 Å². The number of ether oxygens (including phenoxy) is 1. The first-order valence-electron chi connectivity index (χ1n) is 14.1. The first kappa shape index (κ1) is 28.5. The van der Waals surface area contributed by atoms with E-state index in [-0.39, 0.29) is 5.82 Å². The Bertz CT molecular complexity index is 1710. The minimum atomic E-state index is -1.42. The second-order valence-electron chi connectivity index (χ2n) is 10.9. The molecule has 0 bridgehead atoms. The molecule has 1 unspecified atom stereocenters. The summed E-state index contributed by atoms with van der Waals surface area (Å²) in [4.78, 5) is 12.9. The van der Waals surface area contributed by atoms with Gasteiger partial charge in [0.05, 0.1) is 31.4 Å². The van der Waals surface area contributed by atoms with Gasteiger partial charge in [-0.15, -0.1) is 0 Å². The van der Waals surface area contributed by atoms with Crippen molar-refractivity contribution >= 4 is 11.9 Å². The van der Waals surface area contributed by atoms with E-state index in [4.69, 9.17) is 9.57 Å². The number of aryl methyl sites for hydroxylation is 2. The van der Waals surface area contributed by atoms with E-state index < -0.39 is 23.1 Å². The number of hydrogen-bond acceptors (Lipinski definition) is 5. The summed E-state index contributed by atoms with van der Waals surface area (Å²) < 4.78 is 57.3. The van der Waals surface area contributed by atoms with Gasteiger partial charge in [-0.1, -0.05) is 23.4 Å². The van der Waals surface area contributed by atoms with Gasteiger partial charge in [0.15, 0.2) is 28.9 Å². The molecule has 1 aliphatic carbocycles. The molecule has 7 rings (SSSR count). The molecule has 0 N–H and O–H groups in total. The normalized spacial score (nSPS) is 19.7. The molecule has 43 heavy (non-hydrogen) atoms. The molecule has 0 amide bonds. The predicted octanol–water partition coefficient (Wildman–Crippen LogP) is 7.10. The molecule has 222 valence electrons. The summed E-state index contributed by atoms with van der Waals surface area (Å²) in [7, 11) is 1.69. The molecule has 1 saturated heterocycles. The van der Waals surface area contributed by atoms with E-state index in [9.17, 15) is 17.6 Å². The SMILES string of the molecule is COc1cc(/C=C2\CCCN3CC4(CCc5cc(F)ccc54)ON=C23)ccc1-n1cnc(C)c1.Fc1cccc(F)c1F. The maximum atomic E-state index is 13.7. The Balaban J connectivity index is 0.000000315. The standard InChI is InChI=1S/C27H27FN4O2.C6H3F3/c1-18-15-32(17-29-18)24-8-5-19(13-25(24)33-2)12-21-4-3-11-31-16-27(34-30-26(21)31)10-9-20-14-22(28)6-7-23(20)27;7-4-2-1-3-5(8)6(4)9/h5-8,12-15,17H,3-4,9-11,16H2,1-2H3;1-3H/b21-12+;. The van der Waals surface area contributed by atoms with Crippen LogP contribution in [-0.4, -0.2) is 40.5 Å². The first-order valence-corrected chi connectivity index (χ1v) is 14.1. The molecule has 1 atom stereocenters. The van der Waals surface area contributed by atoms with Gasteiger partial charge < -0.3 is 19.0 Å². The highest BCUT2D eigenvalue weighted by atomic mass is 19.2. The Morgan fingerprint density at radius 1 is 1.00 bits per heavy atom. The van der Waals surface area contributed by atoms with Crippen LogP contribution in [-0.2, 0) is 16.9 Å². The van der Waals surface area contributed by atoms with Gasteiger partial charge in [-0.2, -0.15) is 0 Å². The topological polar surface area (TPSA) is 51.9 Å². The highest BCUT2D eigenvalue weighted by molar-refractivity contribution is 6.02. The van der Waals surface area contributed by atoms with Gasteiger partial charge in [0.2, 0.25) is 0 Å². The van der Waals surface area contributed by atoms with Gasteiger partial charge in [0.1, 0.15) is 11.6 Å². The van der Waals surface area contributed by atoms with E-state index in [0.29, 0.717) is 0 Å². The zero-order valence-corrected chi connectivity index (χ0v) is 23.8. The van der Waals surface area contributed by atoms with Crippen molar-refractivity contribution in [3.63, 3.8) is 0 Å². The third-order valence-electron chi connectivity index (χ3n) is 8.01. The summed E-state index contributed by atoms with van der Waals surface area (Å²) in [5.74, 6) is -2.23. The van der Waals surface area contributed by atoms with Crippen LogP contribution in [0.1, 0.15) is 41.6 Å². The number of nitrogens with zero attached hydrogens (tertiary/aromatic N) is 4. The number of hydrogen-bond donors (Lipinski definition) is 0. The Morgan fingerprint density at radius 2 is 1.81 bits per heavy atom. The van der Waals surface area contributed by atoms with Crippen molar-refractivity contribution < 1.29 is 27.1 Å². The molecule has 0 radical (unpaired) electrons. The van der Waals surface area contributed by atoms with E-state index in [1.54, 1.807) is 19.5 Å². The van der Waals surface area contributed by atoms with Crippen LogP contribution in [0, 0.1) is 30.2 Å². The van der Waals surface area contributed by atoms with Gasteiger partial charge in [0, 0.05) is 18.3 Å². The lowest BCUT2D eigenvalue weighted by Gasteiger charge is -2.42. The summed E-state index contributed by atoms with van der Waals surface area (Å²) in [6.45, 7) is 3.65. The largest absolute Gasteiger partial charge is 0.495 e. The number of oxime groups is 1. The van der Waals surface area contributed by atoms with E-state index in [1.165, 1.54) is 6.07 Å². The van der Waals surface area contributed by atoms with Crippen molar-refractivity contribution in [3.05, 3.63) is 118 Å². The smallest absolute Gasteiger partial charge is 0.194 e. The predicted molar refractivity (Wildman–Crippen MR) is 155 cm³/mol. The number of piperidine rings is 1. The highest BCUT2D eigenvalue weighted by Crippen LogP contribution is 2.44. The number of amidine groups is 1. The number of rotatable bonds is 3. The number of benzene rings is 3. The van der Waals surface area contributed by atoms with Crippen LogP contribution in [0.5, 0.6) is 5.75 Å². The quantitative estimate of drug-likeness (QED) is 0.189. The van der Waals surface area contributed by atoms with Crippen molar-refractivity contribution in [2.45, 2.75) is 38.2 Å². The Labute approximate surface area is 246 Å². The second-order valence-corrected chi connectivity index (χ2v) is 10.9. The maximum Gasteiger partial charge on any atom is 0.194 e. The number of imidazole rings is 1. The van der Waals surface area contributed by atoms with Crippen LogP contribution < -0.4 is 4.74 Å². The van der Waals surface area contributed by atoms with Crippen LogP contribution in [0.2, 0.25) is 0 Å². The first-order chi connectivity index (χ1) is 20.8. The van der Waals surface area contributed by atoms with Crippen LogP contribution in [0.4, 0.5) is 17.6 Å². The van der Waals surface area contributed by atoms with Crippen molar-refractivity contribution in [1.29, 1.82) is 0 Å². The summed E-state index contributed by atoms with van der Waals surface area (Å²) in [5, 5.41) is 4.63. The Hall–Kier alpha value is -4.60. The minimum Gasteiger partial charge on any atom is -0.495 e. The average Bonchev–Trinajstić information content (AvgIpc) is 3.59. The van der Waals surface area contributed by atoms with Crippen molar-refractivity contribution in [2.75, 3.05) is 20.2 Å². The van der Waals surface area contributed by atoms with Crippen LogP contribution >= 0.6 is 0 Å². The van der Waals surface area contributed by atoms with E-state index >= 15 is 0 Å². The number of halogens is 4. The molecule has 4 aromatic rings. The monoisotopic (exact) mass is 590 g/mol. The number of methoxy groups -OCH3 is 1. The van der Waals surface area contributed by atoms with Crippen molar-refractivity contribution in [3.8, 4) is 11.4 Å². The lowest BCUT2D eigenvalue weighted by Crippen LogP contribution is -2.50. The number of aromatic nitrogens is 2. The fourth-order valence-corrected chi connectivity index (χ4v) is 5.93. The lowest BCUT2D eigenvalue weighted by molar-refractivity contribution is -0.0781. The molecule has 1 aromatic heterocycles. The fraction of sp³-hybridized carbons (Fsp3) is 0.273. The van der Waals surface area contributed by atoms with Crippen molar-refractivity contribution in [1.82, 2.24) is 14.5 Å². The molecule has 3 aliphatic rings. The molecule has 10 heteroatoms. The molecule has 1 spiro atoms. The minimum absolute atomic E-state index is 0.191. The molecular formula is C33H30F4N4O2. The second kappa shape index (κ2) is 11.6.